The number of allylic oxidation sites excluding steroid dienone is 1. The summed E-state index contributed by atoms with van der Waals surface area (Å²) in [5, 5.41) is 11.7. The summed E-state index contributed by atoms with van der Waals surface area (Å²) in [6.45, 7) is 5.49. The first-order chi connectivity index (χ1) is 15.3. The quantitative estimate of drug-likeness (QED) is 0.228. The molecule has 0 aliphatic carbocycles. The monoisotopic (exact) mass is 439 g/mol. The summed E-state index contributed by atoms with van der Waals surface area (Å²) in [6, 6.07) is 26.3. The van der Waals surface area contributed by atoms with Crippen LogP contribution in [-0.2, 0) is 6.54 Å². The molecule has 0 amide bonds. The largest absolute Gasteiger partial charge is 0.349 e. The number of hydrogen-bond acceptors (Lipinski definition) is 3. The number of nitrogens with one attached hydrogen (secondary N) is 1. The van der Waals surface area contributed by atoms with E-state index < -0.39 is 0 Å². The molecule has 152 valence electrons. The fraction of sp³-hybridized carbons (Fsp3) is 0.148. The van der Waals surface area contributed by atoms with Crippen LogP contribution >= 0.6 is 23.1 Å². The van der Waals surface area contributed by atoms with Crippen molar-refractivity contribution < 1.29 is 4.57 Å². The van der Waals surface area contributed by atoms with E-state index in [4.69, 9.17) is 0 Å². The van der Waals surface area contributed by atoms with Crippen molar-refractivity contribution in [3.8, 4) is 0 Å². The molecule has 2 heterocycles. The maximum Gasteiger partial charge on any atom is 0.268 e. The number of hydrogen-bond donors (Lipinski definition) is 1. The number of thiazole rings is 1. The number of para-hydroxylation sites is 1. The minimum absolute atomic E-state index is 0.950. The van der Waals surface area contributed by atoms with Crippen molar-refractivity contribution in [1.82, 2.24) is 0 Å². The normalized spacial score (nSPS) is 14.9. The first kappa shape index (κ1) is 18.9. The van der Waals surface area contributed by atoms with Crippen molar-refractivity contribution >= 4 is 66.1 Å². The van der Waals surface area contributed by atoms with Gasteiger partial charge in [-0.2, -0.15) is 4.57 Å². The van der Waals surface area contributed by atoms with Gasteiger partial charge in [-0.1, -0.05) is 84.6 Å². The molecule has 0 atom stereocenters. The molecule has 0 radical (unpaired) electrons. The molecule has 6 rings (SSSR count). The Balaban J connectivity index is 1.69. The van der Waals surface area contributed by atoms with Crippen LogP contribution in [0, 0.1) is 0 Å². The van der Waals surface area contributed by atoms with Crippen LogP contribution < -0.4 is 9.88 Å². The van der Waals surface area contributed by atoms with Crippen LogP contribution in [0.5, 0.6) is 0 Å². The molecule has 1 N–H and O–H groups in total. The smallest absolute Gasteiger partial charge is 0.268 e. The lowest BCUT2D eigenvalue weighted by Gasteiger charge is -2.06. The predicted molar refractivity (Wildman–Crippen MR) is 136 cm³/mol. The number of anilines is 1. The summed E-state index contributed by atoms with van der Waals surface area (Å²) < 4.78 is 3.92. The van der Waals surface area contributed by atoms with Gasteiger partial charge in [-0.3, -0.25) is 0 Å². The van der Waals surface area contributed by atoms with Crippen molar-refractivity contribution in [3.05, 3.63) is 82.8 Å². The van der Waals surface area contributed by atoms with E-state index in [0.717, 1.165) is 13.0 Å². The van der Waals surface area contributed by atoms with Gasteiger partial charge in [0.1, 0.15) is 11.2 Å². The molecular formula is C27H23N2S2+. The Bertz CT molecular complexity index is 1480. The van der Waals surface area contributed by atoms with Crippen LogP contribution in [0.2, 0.25) is 0 Å². The zero-order chi connectivity index (χ0) is 20.9. The highest BCUT2D eigenvalue weighted by molar-refractivity contribution is 8.04. The van der Waals surface area contributed by atoms with Crippen LogP contribution in [-0.4, -0.2) is 0 Å². The predicted octanol–water partition coefficient (Wildman–Crippen LogP) is 7.81. The van der Waals surface area contributed by atoms with Crippen molar-refractivity contribution in [2.24, 2.45) is 0 Å². The molecule has 5 aromatic rings. The van der Waals surface area contributed by atoms with Crippen LogP contribution in [0.1, 0.15) is 25.3 Å². The van der Waals surface area contributed by atoms with Crippen LogP contribution in [0.25, 0.3) is 37.3 Å². The van der Waals surface area contributed by atoms with Crippen molar-refractivity contribution in [2.75, 3.05) is 5.32 Å². The second kappa shape index (κ2) is 7.40. The molecule has 0 fully saturated rings. The summed E-state index contributed by atoms with van der Waals surface area (Å²) in [7, 11) is 0. The van der Waals surface area contributed by atoms with E-state index in [-0.39, 0.29) is 0 Å². The van der Waals surface area contributed by atoms with Gasteiger partial charge in [0, 0.05) is 10.3 Å². The van der Waals surface area contributed by atoms with Gasteiger partial charge >= 0.3 is 0 Å². The van der Waals surface area contributed by atoms with Crippen LogP contribution in [0.4, 0.5) is 5.69 Å². The molecule has 2 nitrogen and oxygen atoms in total. The number of aryl methyl sites for hydroxylation is 1. The fourth-order valence-corrected chi connectivity index (χ4v) is 7.39. The molecule has 0 saturated heterocycles. The number of thioether (sulfide) groups is 1. The third-order valence-corrected chi connectivity index (χ3v) is 8.53. The Morgan fingerprint density at radius 2 is 1.45 bits per heavy atom. The zero-order valence-electron chi connectivity index (χ0n) is 17.6. The SMILES string of the molecule is CCC(=C1Nc2ccccc2S1)c1sc2c3ccccc3c3ccccc3c2[n+]1CC. The summed E-state index contributed by atoms with van der Waals surface area (Å²) in [6.07, 6.45) is 0.992. The Morgan fingerprint density at radius 3 is 2.16 bits per heavy atom. The van der Waals surface area contributed by atoms with Crippen molar-refractivity contribution in [1.29, 1.82) is 0 Å². The first-order valence-electron chi connectivity index (χ1n) is 10.8. The molecule has 0 unspecified atom stereocenters. The zero-order valence-corrected chi connectivity index (χ0v) is 19.2. The van der Waals surface area contributed by atoms with Gasteiger partial charge < -0.3 is 5.32 Å². The molecule has 0 bridgehead atoms. The van der Waals surface area contributed by atoms with Gasteiger partial charge in [-0.15, -0.1) is 0 Å². The molecular weight excluding hydrogens is 416 g/mol. The van der Waals surface area contributed by atoms with Gasteiger partial charge in [-0.25, -0.2) is 0 Å². The lowest BCUT2D eigenvalue weighted by atomic mass is 10.0. The summed E-state index contributed by atoms with van der Waals surface area (Å²) >= 11 is 3.80. The molecule has 0 spiro atoms. The number of fused-ring (bicyclic) bond motifs is 7. The average Bonchev–Trinajstić information content (AvgIpc) is 3.42. The van der Waals surface area contributed by atoms with E-state index in [1.807, 2.05) is 23.1 Å². The average molecular weight is 440 g/mol. The molecule has 4 aromatic carbocycles. The van der Waals surface area contributed by atoms with E-state index in [0.29, 0.717) is 0 Å². The Hall–Kier alpha value is -2.82. The summed E-state index contributed by atoms with van der Waals surface area (Å²) in [4.78, 5) is 1.31. The van der Waals surface area contributed by atoms with Crippen molar-refractivity contribution in [2.45, 2.75) is 31.7 Å². The number of nitrogens with zero attached hydrogens (tertiary/aromatic N) is 1. The second-order valence-corrected chi connectivity index (χ2v) is 9.86. The van der Waals surface area contributed by atoms with E-state index in [2.05, 4.69) is 96.5 Å². The number of benzene rings is 4. The summed E-state index contributed by atoms with van der Waals surface area (Å²) in [5.41, 5.74) is 3.98. The molecule has 0 saturated carbocycles. The third-order valence-electron chi connectivity index (χ3n) is 6.12. The van der Waals surface area contributed by atoms with Gasteiger partial charge in [-0.05, 0) is 42.3 Å². The van der Waals surface area contributed by atoms with Crippen LogP contribution in [0.15, 0.2) is 82.7 Å². The van der Waals surface area contributed by atoms with E-state index >= 15 is 0 Å². The summed E-state index contributed by atoms with van der Waals surface area (Å²) in [5.74, 6) is 0. The highest BCUT2D eigenvalue weighted by atomic mass is 32.2. The Labute approximate surface area is 190 Å². The highest BCUT2D eigenvalue weighted by Crippen LogP contribution is 2.46. The number of rotatable bonds is 3. The Kier molecular flexibility index (Phi) is 4.51. The lowest BCUT2D eigenvalue weighted by Crippen LogP contribution is -2.35. The maximum atomic E-state index is 3.69. The first-order valence-corrected chi connectivity index (χ1v) is 12.5. The minimum atomic E-state index is 0.950. The van der Waals surface area contributed by atoms with Crippen molar-refractivity contribution in [3.63, 3.8) is 0 Å². The highest BCUT2D eigenvalue weighted by Gasteiger charge is 2.29. The van der Waals surface area contributed by atoms with Crippen LogP contribution in [0.3, 0.4) is 0 Å². The number of aromatic nitrogens is 1. The standard InChI is InChI=1S/C27H22N2S2/c1-3-17(26-28-22-15-9-10-16-23(22)30-26)27-29(4-2)24-20-13-7-5-11-18(20)19-12-6-8-14-21(19)25(24)31-27/h5-16H,3-4H2,1-2H3/p+1. The maximum absolute atomic E-state index is 3.69. The second-order valence-electron chi connectivity index (χ2n) is 7.80. The Morgan fingerprint density at radius 1 is 0.806 bits per heavy atom. The van der Waals surface area contributed by atoms with E-state index in [1.54, 1.807) is 0 Å². The lowest BCUT2D eigenvalue weighted by molar-refractivity contribution is -0.665. The molecule has 1 aromatic heterocycles. The van der Waals surface area contributed by atoms with E-state index in [9.17, 15) is 0 Å². The molecule has 1 aliphatic rings. The minimum Gasteiger partial charge on any atom is -0.349 e. The van der Waals surface area contributed by atoms with Gasteiger partial charge in [0.15, 0.2) is 0 Å². The van der Waals surface area contributed by atoms with Gasteiger partial charge in [0.05, 0.1) is 21.7 Å². The van der Waals surface area contributed by atoms with E-state index in [1.165, 1.54) is 58.0 Å². The fourth-order valence-electron chi connectivity index (χ4n) is 4.70. The molecule has 1 aliphatic heterocycles. The molecule has 4 heteroatoms. The van der Waals surface area contributed by atoms with Gasteiger partial charge in [0.25, 0.3) is 5.01 Å². The van der Waals surface area contributed by atoms with Gasteiger partial charge in [0.2, 0.25) is 5.52 Å². The molecule has 31 heavy (non-hydrogen) atoms. The topological polar surface area (TPSA) is 15.9 Å². The third kappa shape index (κ3) is 2.82.